The van der Waals surface area contributed by atoms with Gasteiger partial charge in [-0.3, -0.25) is 0 Å². The minimum Gasteiger partial charge on any atom is -0.858 e. The van der Waals surface area contributed by atoms with Crippen molar-refractivity contribution in [1.82, 2.24) is 4.98 Å². The molecule has 6 heteroatoms. The zero-order valence-corrected chi connectivity index (χ0v) is 9.08. The third kappa shape index (κ3) is 2.76. The molecule has 0 aliphatic carbocycles. The van der Waals surface area contributed by atoms with Gasteiger partial charge in [-0.05, 0) is 6.07 Å². The minimum atomic E-state index is -0.990. The molecule has 1 rings (SSSR count). The second kappa shape index (κ2) is 4.48. The Morgan fingerprint density at radius 3 is 2.36 bits per heavy atom. The van der Waals surface area contributed by atoms with Crippen molar-refractivity contribution in [2.75, 3.05) is 0 Å². The average molecular weight is 204 g/mol. The normalized spacial score (nSPS) is 9.00. The van der Waals surface area contributed by atoms with Crippen LogP contribution in [0.4, 0.5) is 4.39 Å². The predicted molar refractivity (Wildman–Crippen MR) is 33.7 cm³/mol. The van der Waals surface area contributed by atoms with E-state index in [1.54, 1.807) is 0 Å². The molecule has 0 atom stereocenters. The number of hydrogen-bond donors (Lipinski definition) is 0. The molecular weight excluding hydrogens is 203 g/mol. The molecule has 0 spiro atoms. The standard InChI is InChI=1S/C5H2Cl2FNO.Na/c6-2-1-3(7)5(10)9-4(2)8;/h1H,(H,9,10);/q;+1/p-1. The Kier molecular flexibility index (Phi) is 4.66. The summed E-state index contributed by atoms with van der Waals surface area (Å²) in [7, 11) is 0. The molecule has 0 bridgehead atoms. The van der Waals surface area contributed by atoms with E-state index in [9.17, 15) is 9.50 Å². The molecule has 0 amide bonds. The first-order valence-electron chi connectivity index (χ1n) is 2.30. The molecule has 0 aromatic carbocycles. The van der Waals surface area contributed by atoms with Gasteiger partial charge in [0.25, 0.3) is 0 Å². The maximum atomic E-state index is 12.3. The van der Waals surface area contributed by atoms with E-state index in [1.165, 1.54) is 0 Å². The van der Waals surface area contributed by atoms with Crippen molar-refractivity contribution in [3.05, 3.63) is 22.1 Å². The zero-order chi connectivity index (χ0) is 7.72. The van der Waals surface area contributed by atoms with Crippen LogP contribution in [0.1, 0.15) is 0 Å². The van der Waals surface area contributed by atoms with Gasteiger partial charge < -0.3 is 5.11 Å². The van der Waals surface area contributed by atoms with Crippen LogP contribution in [0, 0.1) is 5.95 Å². The fraction of sp³-hybridized carbons (Fsp3) is 0. The van der Waals surface area contributed by atoms with Crippen LogP contribution in [-0.2, 0) is 0 Å². The number of rotatable bonds is 0. The third-order valence-corrected chi connectivity index (χ3v) is 1.39. The van der Waals surface area contributed by atoms with Crippen LogP contribution >= 0.6 is 23.2 Å². The Hall–Kier alpha value is 0.460. The van der Waals surface area contributed by atoms with Crippen LogP contribution in [0.5, 0.6) is 5.88 Å². The number of pyridine rings is 1. The van der Waals surface area contributed by atoms with Gasteiger partial charge in [-0.25, -0.2) is 4.98 Å². The molecule has 1 aromatic heterocycles. The molecule has 0 N–H and O–H groups in total. The average Bonchev–Trinajstić information content (AvgIpc) is 1.84. The Labute approximate surface area is 94.6 Å². The van der Waals surface area contributed by atoms with E-state index >= 15 is 0 Å². The topological polar surface area (TPSA) is 36.0 Å². The fourth-order valence-electron chi connectivity index (χ4n) is 0.429. The van der Waals surface area contributed by atoms with Gasteiger partial charge in [0.1, 0.15) is 0 Å². The maximum absolute atomic E-state index is 12.3. The summed E-state index contributed by atoms with van der Waals surface area (Å²) in [5, 5.41) is 10.0. The van der Waals surface area contributed by atoms with Crippen LogP contribution in [0.25, 0.3) is 0 Å². The van der Waals surface area contributed by atoms with Gasteiger partial charge in [-0.2, -0.15) is 4.39 Å². The van der Waals surface area contributed by atoms with E-state index in [1.807, 2.05) is 0 Å². The van der Waals surface area contributed by atoms with Gasteiger partial charge in [0.05, 0.1) is 10.0 Å². The van der Waals surface area contributed by atoms with Gasteiger partial charge in [-0.1, -0.05) is 23.2 Å². The Balaban J connectivity index is 0.000001000. The smallest absolute Gasteiger partial charge is 0.858 e. The van der Waals surface area contributed by atoms with Gasteiger partial charge in [0, 0.05) is 5.88 Å². The second-order valence-electron chi connectivity index (χ2n) is 1.55. The summed E-state index contributed by atoms with van der Waals surface area (Å²) in [5.74, 6) is -1.79. The van der Waals surface area contributed by atoms with Gasteiger partial charge in [0.2, 0.25) is 5.95 Å². The van der Waals surface area contributed by atoms with E-state index < -0.39 is 11.8 Å². The number of hydrogen-bond acceptors (Lipinski definition) is 2. The molecule has 54 valence electrons. The summed E-state index contributed by atoms with van der Waals surface area (Å²) >= 11 is 10.5. The molecule has 0 fully saturated rings. The molecule has 0 radical (unpaired) electrons. The van der Waals surface area contributed by atoms with E-state index in [0.29, 0.717) is 0 Å². The van der Waals surface area contributed by atoms with Crippen molar-refractivity contribution >= 4 is 23.2 Å². The Morgan fingerprint density at radius 1 is 1.36 bits per heavy atom. The van der Waals surface area contributed by atoms with Crippen molar-refractivity contribution < 1.29 is 39.1 Å². The first-order valence-corrected chi connectivity index (χ1v) is 3.05. The van der Waals surface area contributed by atoms with Crippen molar-refractivity contribution in [3.8, 4) is 5.88 Å². The predicted octanol–water partition coefficient (Wildman–Crippen LogP) is -1.39. The van der Waals surface area contributed by atoms with E-state index in [2.05, 4.69) is 4.98 Å². The summed E-state index contributed by atoms with van der Waals surface area (Å²) < 4.78 is 12.3. The molecule has 2 nitrogen and oxygen atoms in total. The quantitative estimate of drug-likeness (QED) is 0.385. The molecule has 1 aromatic rings. The van der Waals surface area contributed by atoms with Crippen molar-refractivity contribution in [2.24, 2.45) is 0 Å². The SMILES string of the molecule is [Na+].[O-]c1nc(F)c(Cl)cc1Cl. The second-order valence-corrected chi connectivity index (χ2v) is 2.36. The Morgan fingerprint density at radius 2 is 1.91 bits per heavy atom. The molecular formula is C5HCl2FNNaO. The summed E-state index contributed by atoms with van der Waals surface area (Å²) in [6, 6.07) is 1.02. The number of halogens is 3. The van der Waals surface area contributed by atoms with Crippen molar-refractivity contribution in [1.29, 1.82) is 0 Å². The van der Waals surface area contributed by atoms with Crippen LogP contribution in [0.15, 0.2) is 6.07 Å². The van der Waals surface area contributed by atoms with Crippen molar-refractivity contribution in [3.63, 3.8) is 0 Å². The van der Waals surface area contributed by atoms with Crippen LogP contribution in [0.3, 0.4) is 0 Å². The Bertz CT molecular complexity index is 221. The summed E-state index contributed by atoms with van der Waals surface area (Å²) in [6.45, 7) is 0. The molecule has 0 aliphatic heterocycles. The van der Waals surface area contributed by atoms with Gasteiger partial charge >= 0.3 is 29.6 Å². The first kappa shape index (κ1) is 11.5. The molecule has 1 heterocycles. The van der Waals surface area contributed by atoms with Gasteiger partial charge in [-0.15, -0.1) is 0 Å². The zero-order valence-electron chi connectivity index (χ0n) is 5.57. The fourth-order valence-corrected chi connectivity index (χ4v) is 0.787. The van der Waals surface area contributed by atoms with Crippen LogP contribution in [0.2, 0.25) is 10.0 Å². The molecule has 0 aliphatic rings. The molecule has 0 saturated carbocycles. The summed E-state index contributed by atoms with van der Waals surface area (Å²) in [6.07, 6.45) is 0. The summed E-state index contributed by atoms with van der Waals surface area (Å²) in [5.41, 5.74) is 0. The minimum absolute atomic E-state index is 0. The maximum Gasteiger partial charge on any atom is 1.00 e. The third-order valence-electron chi connectivity index (χ3n) is 0.855. The van der Waals surface area contributed by atoms with E-state index in [4.69, 9.17) is 23.2 Å². The largest absolute Gasteiger partial charge is 1.00 e. The molecule has 0 unspecified atom stereocenters. The summed E-state index contributed by atoms with van der Waals surface area (Å²) in [4.78, 5) is 2.89. The van der Waals surface area contributed by atoms with Crippen LogP contribution in [-0.4, -0.2) is 4.98 Å². The molecule has 0 saturated heterocycles. The molecule has 11 heavy (non-hydrogen) atoms. The number of aromatic nitrogens is 1. The van der Waals surface area contributed by atoms with E-state index in [0.717, 1.165) is 6.07 Å². The number of nitrogens with zero attached hydrogens (tertiary/aromatic N) is 1. The first-order chi connectivity index (χ1) is 4.61. The van der Waals surface area contributed by atoms with Gasteiger partial charge in [0.15, 0.2) is 0 Å². The van der Waals surface area contributed by atoms with E-state index in [-0.39, 0.29) is 39.6 Å². The van der Waals surface area contributed by atoms with Crippen molar-refractivity contribution in [2.45, 2.75) is 0 Å². The van der Waals surface area contributed by atoms with Crippen LogP contribution < -0.4 is 34.7 Å². The monoisotopic (exact) mass is 203 g/mol.